The smallest absolute Gasteiger partial charge is 0.0673 e. The van der Waals surface area contributed by atoms with Crippen molar-refractivity contribution in [1.82, 2.24) is 9.88 Å². The summed E-state index contributed by atoms with van der Waals surface area (Å²) in [6.07, 6.45) is 9.56. The molecule has 0 aromatic carbocycles. The van der Waals surface area contributed by atoms with Crippen LogP contribution in [0.1, 0.15) is 57.2 Å². The maximum Gasteiger partial charge on any atom is 0.0673 e. The molecule has 0 aliphatic carbocycles. The number of pyridine rings is 1. The SMILES string of the molecule is CCC(N)C(c1ccccn1)N1CCCCCCC1. The second kappa shape index (κ2) is 7.61. The van der Waals surface area contributed by atoms with Crippen molar-refractivity contribution < 1.29 is 0 Å². The molecular weight excluding hydrogens is 234 g/mol. The van der Waals surface area contributed by atoms with Crippen LogP contribution in [0.2, 0.25) is 0 Å². The molecule has 0 spiro atoms. The maximum atomic E-state index is 6.39. The van der Waals surface area contributed by atoms with E-state index in [-0.39, 0.29) is 12.1 Å². The molecule has 19 heavy (non-hydrogen) atoms. The monoisotopic (exact) mass is 261 g/mol. The summed E-state index contributed by atoms with van der Waals surface area (Å²) < 4.78 is 0. The van der Waals surface area contributed by atoms with E-state index in [1.54, 1.807) is 0 Å². The fourth-order valence-corrected chi connectivity index (χ4v) is 3.00. The van der Waals surface area contributed by atoms with Gasteiger partial charge in [0.05, 0.1) is 11.7 Å². The summed E-state index contributed by atoms with van der Waals surface area (Å²) in [4.78, 5) is 7.12. The maximum absolute atomic E-state index is 6.39. The van der Waals surface area contributed by atoms with Gasteiger partial charge < -0.3 is 5.73 Å². The predicted molar refractivity (Wildman–Crippen MR) is 79.9 cm³/mol. The Morgan fingerprint density at radius 1 is 1.16 bits per heavy atom. The van der Waals surface area contributed by atoms with Gasteiger partial charge in [0.15, 0.2) is 0 Å². The zero-order chi connectivity index (χ0) is 13.5. The lowest BCUT2D eigenvalue weighted by atomic mass is 9.98. The van der Waals surface area contributed by atoms with Crippen molar-refractivity contribution in [2.45, 2.75) is 57.5 Å². The molecule has 3 nitrogen and oxygen atoms in total. The Hall–Kier alpha value is -0.930. The van der Waals surface area contributed by atoms with E-state index >= 15 is 0 Å². The van der Waals surface area contributed by atoms with E-state index in [1.165, 1.54) is 32.1 Å². The minimum atomic E-state index is 0.175. The van der Waals surface area contributed by atoms with E-state index in [9.17, 15) is 0 Å². The van der Waals surface area contributed by atoms with Crippen LogP contribution >= 0.6 is 0 Å². The highest BCUT2D eigenvalue weighted by Crippen LogP contribution is 2.26. The third-order valence-electron chi connectivity index (χ3n) is 4.15. The molecule has 2 rings (SSSR count). The Morgan fingerprint density at radius 3 is 2.42 bits per heavy atom. The van der Waals surface area contributed by atoms with Crippen molar-refractivity contribution in [2.75, 3.05) is 13.1 Å². The molecule has 1 aliphatic heterocycles. The Labute approximate surface area is 117 Å². The fourth-order valence-electron chi connectivity index (χ4n) is 3.00. The van der Waals surface area contributed by atoms with Gasteiger partial charge in [-0.2, -0.15) is 0 Å². The number of nitrogens with zero attached hydrogens (tertiary/aromatic N) is 2. The Balaban J connectivity index is 2.16. The van der Waals surface area contributed by atoms with E-state index in [4.69, 9.17) is 5.73 Å². The first-order chi connectivity index (χ1) is 9.33. The molecule has 2 atom stereocenters. The van der Waals surface area contributed by atoms with Crippen molar-refractivity contribution in [3.8, 4) is 0 Å². The number of aromatic nitrogens is 1. The van der Waals surface area contributed by atoms with Crippen molar-refractivity contribution in [1.29, 1.82) is 0 Å². The Kier molecular flexibility index (Phi) is 5.80. The number of nitrogens with two attached hydrogens (primary N) is 1. The standard InChI is InChI=1S/C16H27N3/c1-2-14(17)16(15-10-6-7-11-18-15)19-12-8-4-3-5-9-13-19/h6-7,10-11,14,16H,2-5,8-9,12-13,17H2,1H3. The lowest BCUT2D eigenvalue weighted by Crippen LogP contribution is -2.42. The highest BCUT2D eigenvalue weighted by molar-refractivity contribution is 5.11. The molecule has 2 heterocycles. The topological polar surface area (TPSA) is 42.1 Å². The summed E-state index contributed by atoms with van der Waals surface area (Å²) in [7, 11) is 0. The van der Waals surface area contributed by atoms with Crippen LogP contribution in [-0.4, -0.2) is 29.0 Å². The van der Waals surface area contributed by atoms with Gasteiger partial charge >= 0.3 is 0 Å². The summed E-state index contributed by atoms with van der Waals surface area (Å²) in [5.74, 6) is 0. The lowest BCUT2D eigenvalue weighted by Gasteiger charge is -2.36. The third-order valence-corrected chi connectivity index (χ3v) is 4.15. The van der Waals surface area contributed by atoms with E-state index in [2.05, 4.69) is 28.9 Å². The second-order valence-electron chi connectivity index (χ2n) is 5.58. The average Bonchev–Trinajstić information content (AvgIpc) is 2.42. The molecule has 1 aromatic rings. The molecule has 0 saturated carbocycles. The first-order valence-corrected chi connectivity index (χ1v) is 7.73. The number of hydrogen-bond donors (Lipinski definition) is 1. The zero-order valence-corrected chi connectivity index (χ0v) is 12.1. The number of likely N-dealkylation sites (tertiary alicyclic amines) is 1. The predicted octanol–water partition coefficient (Wildman–Crippen LogP) is 3.13. The van der Waals surface area contributed by atoms with Crippen LogP contribution in [0.15, 0.2) is 24.4 Å². The van der Waals surface area contributed by atoms with Gasteiger partial charge in [0.25, 0.3) is 0 Å². The van der Waals surface area contributed by atoms with Gasteiger partial charge in [-0.15, -0.1) is 0 Å². The molecule has 1 aromatic heterocycles. The molecule has 1 aliphatic rings. The van der Waals surface area contributed by atoms with Crippen LogP contribution in [0, 0.1) is 0 Å². The molecule has 0 bridgehead atoms. The van der Waals surface area contributed by atoms with Crippen molar-refractivity contribution in [2.24, 2.45) is 5.73 Å². The second-order valence-corrected chi connectivity index (χ2v) is 5.58. The summed E-state index contributed by atoms with van der Waals surface area (Å²) in [5, 5.41) is 0. The molecule has 0 radical (unpaired) electrons. The van der Waals surface area contributed by atoms with Gasteiger partial charge in [0.1, 0.15) is 0 Å². The van der Waals surface area contributed by atoms with E-state index < -0.39 is 0 Å². The van der Waals surface area contributed by atoms with Crippen LogP contribution in [0.4, 0.5) is 0 Å². The van der Waals surface area contributed by atoms with Crippen molar-refractivity contribution in [3.63, 3.8) is 0 Å². The highest BCUT2D eigenvalue weighted by atomic mass is 15.2. The molecular formula is C16H27N3. The van der Waals surface area contributed by atoms with Crippen LogP contribution in [-0.2, 0) is 0 Å². The molecule has 2 N–H and O–H groups in total. The van der Waals surface area contributed by atoms with E-state index in [0.717, 1.165) is 25.2 Å². The van der Waals surface area contributed by atoms with Crippen molar-refractivity contribution in [3.05, 3.63) is 30.1 Å². The zero-order valence-electron chi connectivity index (χ0n) is 12.1. The number of hydrogen-bond acceptors (Lipinski definition) is 3. The minimum Gasteiger partial charge on any atom is -0.326 e. The van der Waals surface area contributed by atoms with Gasteiger partial charge in [-0.3, -0.25) is 9.88 Å². The normalized spacial score (nSPS) is 21.4. The molecule has 1 fully saturated rings. The van der Waals surface area contributed by atoms with E-state index in [1.807, 2.05) is 12.3 Å². The molecule has 106 valence electrons. The average molecular weight is 261 g/mol. The lowest BCUT2D eigenvalue weighted by molar-refractivity contribution is 0.151. The van der Waals surface area contributed by atoms with Gasteiger partial charge in [0, 0.05) is 12.2 Å². The molecule has 1 saturated heterocycles. The van der Waals surface area contributed by atoms with Crippen LogP contribution in [0.3, 0.4) is 0 Å². The Bertz CT molecular complexity index is 344. The minimum absolute atomic E-state index is 0.175. The summed E-state index contributed by atoms with van der Waals surface area (Å²) in [6.45, 7) is 4.49. The van der Waals surface area contributed by atoms with Gasteiger partial charge in [-0.05, 0) is 44.5 Å². The molecule has 3 heteroatoms. The van der Waals surface area contributed by atoms with Gasteiger partial charge in [-0.25, -0.2) is 0 Å². The van der Waals surface area contributed by atoms with Gasteiger partial charge in [0.2, 0.25) is 0 Å². The molecule has 2 unspecified atom stereocenters. The third kappa shape index (κ3) is 4.02. The Morgan fingerprint density at radius 2 is 1.84 bits per heavy atom. The van der Waals surface area contributed by atoms with Gasteiger partial charge in [-0.1, -0.05) is 32.3 Å². The van der Waals surface area contributed by atoms with Crippen LogP contribution in [0.5, 0.6) is 0 Å². The first kappa shape index (κ1) is 14.5. The van der Waals surface area contributed by atoms with E-state index in [0.29, 0.717) is 0 Å². The highest BCUT2D eigenvalue weighted by Gasteiger charge is 2.26. The van der Waals surface area contributed by atoms with Crippen LogP contribution in [0.25, 0.3) is 0 Å². The summed E-state index contributed by atoms with van der Waals surface area (Å²) >= 11 is 0. The summed E-state index contributed by atoms with van der Waals surface area (Å²) in [5.41, 5.74) is 7.52. The summed E-state index contributed by atoms with van der Waals surface area (Å²) in [6, 6.07) is 6.63. The van der Waals surface area contributed by atoms with Crippen LogP contribution < -0.4 is 5.73 Å². The molecule has 0 amide bonds. The quantitative estimate of drug-likeness (QED) is 0.905. The first-order valence-electron chi connectivity index (χ1n) is 7.73. The van der Waals surface area contributed by atoms with Crippen molar-refractivity contribution >= 4 is 0 Å². The fraction of sp³-hybridized carbons (Fsp3) is 0.688. The number of rotatable bonds is 4. The largest absolute Gasteiger partial charge is 0.326 e.